The molecule has 10 heteroatoms. The number of hydrogen-bond donors (Lipinski definition) is 0. The van der Waals surface area contributed by atoms with Crippen LogP contribution in [0.2, 0.25) is 10.0 Å². The van der Waals surface area contributed by atoms with Crippen molar-refractivity contribution in [2.45, 2.75) is 6.18 Å². The highest BCUT2D eigenvalue weighted by molar-refractivity contribution is 14.1. The highest BCUT2D eigenvalue weighted by atomic mass is 127. The molecule has 0 radical (unpaired) electrons. The molecular weight excluding hydrogens is 459 g/mol. The quantitative estimate of drug-likeness (QED) is 0.479. The van der Waals surface area contributed by atoms with Crippen LogP contribution in [-0.4, -0.2) is 9.13 Å². The summed E-state index contributed by atoms with van der Waals surface area (Å²) in [4.78, 5) is 24.1. The van der Waals surface area contributed by atoms with Gasteiger partial charge in [-0.2, -0.15) is 13.2 Å². The van der Waals surface area contributed by atoms with Gasteiger partial charge in [0.25, 0.3) is 5.56 Å². The average molecular weight is 465 g/mol. The third-order valence-electron chi connectivity index (χ3n) is 2.84. The van der Waals surface area contributed by atoms with E-state index in [0.717, 1.165) is 7.05 Å². The smallest absolute Gasteiger partial charge is 0.292 e. The van der Waals surface area contributed by atoms with Crippen molar-refractivity contribution in [3.8, 4) is 5.69 Å². The summed E-state index contributed by atoms with van der Waals surface area (Å²) >= 11 is 13.8. The van der Waals surface area contributed by atoms with Crippen molar-refractivity contribution in [1.29, 1.82) is 0 Å². The van der Waals surface area contributed by atoms with Crippen molar-refractivity contribution >= 4 is 45.8 Å². The Labute approximate surface area is 145 Å². The standard InChI is InChI=1S/C12H6Cl2F3IN2O2/c1-19-9(12(15,16)17)4-10(21)20(11(19)22)8-3-5(13)7(18)2-6(8)14/h2-4H,1H3. The van der Waals surface area contributed by atoms with Crippen molar-refractivity contribution < 1.29 is 13.2 Å². The second kappa shape index (κ2) is 5.89. The normalized spacial score (nSPS) is 11.8. The van der Waals surface area contributed by atoms with Crippen LogP contribution in [-0.2, 0) is 13.2 Å². The Morgan fingerprint density at radius 3 is 2.23 bits per heavy atom. The maximum atomic E-state index is 12.8. The van der Waals surface area contributed by atoms with Crippen molar-refractivity contribution in [3.05, 3.63) is 58.3 Å². The molecule has 0 atom stereocenters. The summed E-state index contributed by atoms with van der Waals surface area (Å²) in [6.07, 6.45) is -4.82. The van der Waals surface area contributed by atoms with Crippen LogP contribution in [0.3, 0.4) is 0 Å². The summed E-state index contributed by atoms with van der Waals surface area (Å²) in [5.41, 5.74) is -3.73. The van der Waals surface area contributed by atoms with E-state index in [9.17, 15) is 22.8 Å². The first kappa shape index (κ1) is 17.4. The topological polar surface area (TPSA) is 44.0 Å². The highest BCUT2D eigenvalue weighted by Gasteiger charge is 2.35. The summed E-state index contributed by atoms with van der Waals surface area (Å²) in [6.45, 7) is 0. The second-order valence-corrected chi connectivity index (χ2v) is 6.24. The van der Waals surface area contributed by atoms with E-state index in [2.05, 4.69) is 0 Å². The van der Waals surface area contributed by atoms with Gasteiger partial charge in [-0.1, -0.05) is 23.2 Å². The molecule has 1 aromatic heterocycles. The molecule has 4 nitrogen and oxygen atoms in total. The molecule has 0 spiro atoms. The van der Waals surface area contributed by atoms with E-state index in [0.29, 0.717) is 18.8 Å². The Kier molecular flexibility index (Phi) is 4.65. The third kappa shape index (κ3) is 3.04. The summed E-state index contributed by atoms with van der Waals surface area (Å²) in [7, 11) is 0.920. The lowest BCUT2D eigenvalue weighted by molar-refractivity contribution is -0.144. The summed E-state index contributed by atoms with van der Waals surface area (Å²) in [5, 5.41) is 0.238. The Morgan fingerprint density at radius 1 is 1.09 bits per heavy atom. The van der Waals surface area contributed by atoms with Crippen LogP contribution in [0.25, 0.3) is 5.69 Å². The molecule has 22 heavy (non-hydrogen) atoms. The van der Waals surface area contributed by atoms with Crippen LogP contribution < -0.4 is 11.2 Å². The average Bonchev–Trinajstić information content (AvgIpc) is 2.38. The van der Waals surface area contributed by atoms with E-state index in [1.54, 1.807) is 0 Å². The van der Waals surface area contributed by atoms with Crippen LogP contribution in [0.15, 0.2) is 27.8 Å². The van der Waals surface area contributed by atoms with Crippen molar-refractivity contribution in [1.82, 2.24) is 9.13 Å². The predicted molar refractivity (Wildman–Crippen MR) is 85.0 cm³/mol. The van der Waals surface area contributed by atoms with Gasteiger partial charge in [0.1, 0.15) is 5.69 Å². The zero-order chi connectivity index (χ0) is 16.8. The molecule has 0 aliphatic heterocycles. The third-order valence-corrected chi connectivity index (χ3v) is 4.67. The van der Waals surface area contributed by atoms with Gasteiger partial charge in [0, 0.05) is 16.7 Å². The van der Waals surface area contributed by atoms with Crippen molar-refractivity contribution in [3.63, 3.8) is 0 Å². The van der Waals surface area contributed by atoms with Gasteiger partial charge in [0.2, 0.25) is 0 Å². The number of aromatic nitrogens is 2. The van der Waals surface area contributed by atoms with Gasteiger partial charge in [-0.05, 0) is 34.7 Å². The number of rotatable bonds is 1. The molecular formula is C12H6Cl2F3IN2O2. The number of alkyl halides is 3. The number of halogens is 6. The van der Waals surface area contributed by atoms with E-state index in [4.69, 9.17) is 23.2 Å². The van der Waals surface area contributed by atoms with Gasteiger partial charge in [0.05, 0.1) is 15.7 Å². The summed E-state index contributed by atoms with van der Waals surface area (Å²) in [6, 6.07) is 2.99. The zero-order valence-electron chi connectivity index (χ0n) is 10.7. The Bertz CT molecular complexity index is 874. The molecule has 2 rings (SSSR count). The van der Waals surface area contributed by atoms with Gasteiger partial charge in [-0.15, -0.1) is 0 Å². The van der Waals surface area contributed by atoms with E-state index < -0.39 is 23.1 Å². The van der Waals surface area contributed by atoms with Crippen LogP contribution in [0.5, 0.6) is 0 Å². The van der Waals surface area contributed by atoms with Crippen molar-refractivity contribution in [2.24, 2.45) is 7.05 Å². The number of benzene rings is 1. The molecule has 0 aliphatic rings. The lowest BCUT2D eigenvalue weighted by Gasteiger charge is -2.15. The Morgan fingerprint density at radius 2 is 1.68 bits per heavy atom. The SMILES string of the molecule is Cn1c(C(F)(F)F)cc(=O)n(-c2cc(Cl)c(I)cc2Cl)c1=O. The molecule has 1 aromatic carbocycles. The first-order valence-electron chi connectivity index (χ1n) is 5.59. The minimum Gasteiger partial charge on any atom is -0.292 e. The molecule has 0 fully saturated rings. The second-order valence-electron chi connectivity index (χ2n) is 4.26. The van der Waals surface area contributed by atoms with Crippen LogP contribution in [0.4, 0.5) is 13.2 Å². The van der Waals surface area contributed by atoms with Gasteiger partial charge >= 0.3 is 11.9 Å². The van der Waals surface area contributed by atoms with Crippen LogP contribution >= 0.6 is 45.8 Å². The molecule has 2 aromatic rings. The fourth-order valence-electron chi connectivity index (χ4n) is 1.80. The predicted octanol–water partition coefficient (Wildman–Crippen LogP) is 3.47. The van der Waals surface area contributed by atoms with Crippen molar-refractivity contribution in [2.75, 3.05) is 0 Å². The highest BCUT2D eigenvalue weighted by Crippen LogP contribution is 2.29. The summed E-state index contributed by atoms with van der Waals surface area (Å²) < 4.78 is 39.8. The fourth-order valence-corrected chi connectivity index (χ4v) is 2.86. The largest absolute Gasteiger partial charge is 0.431 e. The van der Waals surface area contributed by atoms with Crippen LogP contribution in [0.1, 0.15) is 5.69 Å². The fraction of sp³-hybridized carbons (Fsp3) is 0.167. The molecule has 0 unspecified atom stereocenters. The lowest BCUT2D eigenvalue weighted by Crippen LogP contribution is -2.40. The van der Waals surface area contributed by atoms with E-state index in [1.165, 1.54) is 12.1 Å². The number of nitrogens with zero attached hydrogens (tertiary/aromatic N) is 2. The minimum atomic E-state index is -4.82. The molecule has 0 saturated heterocycles. The lowest BCUT2D eigenvalue weighted by atomic mass is 10.3. The van der Waals surface area contributed by atoms with E-state index in [1.807, 2.05) is 22.6 Å². The zero-order valence-corrected chi connectivity index (χ0v) is 14.4. The van der Waals surface area contributed by atoms with Gasteiger partial charge in [-0.3, -0.25) is 9.36 Å². The minimum absolute atomic E-state index is 0.0211. The number of hydrogen-bond acceptors (Lipinski definition) is 2. The first-order chi connectivity index (χ1) is 10.0. The molecule has 0 amide bonds. The molecule has 0 N–H and O–H groups in total. The first-order valence-corrected chi connectivity index (χ1v) is 7.42. The molecule has 0 aliphatic carbocycles. The van der Waals surface area contributed by atoms with E-state index >= 15 is 0 Å². The maximum Gasteiger partial charge on any atom is 0.431 e. The van der Waals surface area contributed by atoms with Gasteiger partial charge in [0.15, 0.2) is 0 Å². The molecule has 118 valence electrons. The molecule has 0 saturated carbocycles. The Balaban J connectivity index is 2.85. The van der Waals surface area contributed by atoms with Crippen LogP contribution in [0, 0.1) is 3.57 Å². The molecule has 0 bridgehead atoms. The van der Waals surface area contributed by atoms with E-state index in [-0.39, 0.29) is 15.7 Å². The maximum absolute atomic E-state index is 12.8. The monoisotopic (exact) mass is 464 g/mol. The molecule has 1 heterocycles. The summed E-state index contributed by atoms with van der Waals surface area (Å²) in [5.74, 6) is 0. The van der Waals surface area contributed by atoms with Gasteiger partial charge in [-0.25, -0.2) is 9.36 Å². The Hall–Kier alpha value is -1.000. The van der Waals surface area contributed by atoms with Gasteiger partial charge < -0.3 is 0 Å².